The van der Waals surface area contributed by atoms with E-state index in [0.717, 1.165) is 35.4 Å². The van der Waals surface area contributed by atoms with Gasteiger partial charge in [-0.25, -0.2) is 0 Å². The molecule has 0 aliphatic carbocycles. The van der Waals surface area contributed by atoms with E-state index in [1.54, 1.807) is 17.9 Å². The maximum absolute atomic E-state index is 13.2. The molecule has 6 nitrogen and oxygen atoms in total. The topological polar surface area (TPSA) is 54.8 Å². The SMILES string of the molecule is COc1ccccc1N1CCN(C(=O)c2cn(C(C)=O)c3ccccc23)CC1. The Morgan fingerprint density at radius 3 is 2.32 bits per heavy atom. The Bertz CT molecular complexity index is 1030. The third-order valence-corrected chi connectivity index (χ3v) is 5.27. The molecule has 1 fully saturated rings. The van der Waals surface area contributed by atoms with E-state index in [9.17, 15) is 9.59 Å². The molecule has 1 aromatic heterocycles. The molecule has 3 aromatic rings. The van der Waals surface area contributed by atoms with Gasteiger partial charge < -0.3 is 14.5 Å². The third-order valence-electron chi connectivity index (χ3n) is 5.27. The number of amides is 1. The molecule has 0 spiro atoms. The largest absolute Gasteiger partial charge is 0.495 e. The van der Waals surface area contributed by atoms with Crippen LogP contribution < -0.4 is 9.64 Å². The zero-order valence-electron chi connectivity index (χ0n) is 16.1. The molecule has 0 atom stereocenters. The highest BCUT2D eigenvalue weighted by atomic mass is 16.5. The zero-order valence-corrected chi connectivity index (χ0v) is 16.1. The summed E-state index contributed by atoms with van der Waals surface area (Å²) in [6.45, 7) is 4.22. The van der Waals surface area contributed by atoms with Gasteiger partial charge in [-0.3, -0.25) is 14.2 Å². The van der Waals surface area contributed by atoms with Crippen LogP contribution in [0.4, 0.5) is 5.69 Å². The van der Waals surface area contributed by atoms with Crippen molar-refractivity contribution in [2.24, 2.45) is 0 Å². The number of benzene rings is 2. The Hall–Kier alpha value is -3.28. The first-order valence-corrected chi connectivity index (χ1v) is 9.38. The van der Waals surface area contributed by atoms with E-state index in [1.165, 1.54) is 6.92 Å². The highest BCUT2D eigenvalue weighted by Crippen LogP contribution is 2.29. The number of hydrogen-bond donors (Lipinski definition) is 0. The van der Waals surface area contributed by atoms with Crippen molar-refractivity contribution in [2.75, 3.05) is 38.2 Å². The van der Waals surface area contributed by atoms with Crippen molar-refractivity contribution >= 4 is 28.4 Å². The Morgan fingerprint density at radius 1 is 0.929 bits per heavy atom. The molecule has 1 amide bonds. The smallest absolute Gasteiger partial charge is 0.256 e. The quantitative estimate of drug-likeness (QED) is 0.703. The van der Waals surface area contributed by atoms with E-state index in [4.69, 9.17) is 4.74 Å². The molecule has 2 aromatic carbocycles. The lowest BCUT2D eigenvalue weighted by Crippen LogP contribution is -2.48. The molecule has 1 saturated heterocycles. The van der Waals surface area contributed by atoms with Gasteiger partial charge in [-0.2, -0.15) is 0 Å². The summed E-state index contributed by atoms with van der Waals surface area (Å²) in [5.74, 6) is 0.707. The molecule has 1 aliphatic heterocycles. The van der Waals surface area contributed by atoms with Crippen LogP contribution in [-0.4, -0.2) is 54.6 Å². The van der Waals surface area contributed by atoms with E-state index in [0.29, 0.717) is 18.7 Å². The molecule has 0 saturated carbocycles. The van der Waals surface area contributed by atoms with Crippen LogP contribution in [0, 0.1) is 0 Å². The average Bonchev–Trinajstić information content (AvgIpc) is 3.13. The van der Waals surface area contributed by atoms with Crippen LogP contribution in [0.25, 0.3) is 10.9 Å². The van der Waals surface area contributed by atoms with Gasteiger partial charge in [-0.1, -0.05) is 30.3 Å². The number of para-hydroxylation sites is 3. The molecule has 6 heteroatoms. The number of ether oxygens (including phenoxy) is 1. The second-order valence-electron chi connectivity index (χ2n) is 6.90. The highest BCUT2D eigenvalue weighted by Gasteiger charge is 2.26. The lowest BCUT2D eigenvalue weighted by atomic mass is 10.1. The number of aromatic nitrogens is 1. The maximum Gasteiger partial charge on any atom is 0.256 e. The first kappa shape index (κ1) is 18.1. The van der Waals surface area contributed by atoms with E-state index in [-0.39, 0.29) is 11.8 Å². The number of anilines is 1. The van der Waals surface area contributed by atoms with Crippen LogP contribution in [-0.2, 0) is 0 Å². The third kappa shape index (κ3) is 3.11. The van der Waals surface area contributed by atoms with Gasteiger partial charge >= 0.3 is 0 Å². The molecule has 4 rings (SSSR count). The van der Waals surface area contributed by atoms with E-state index in [2.05, 4.69) is 4.90 Å². The minimum Gasteiger partial charge on any atom is -0.495 e. The number of fused-ring (bicyclic) bond motifs is 1. The van der Waals surface area contributed by atoms with Crippen LogP contribution in [0.1, 0.15) is 22.1 Å². The predicted molar refractivity (Wildman–Crippen MR) is 109 cm³/mol. The van der Waals surface area contributed by atoms with Gasteiger partial charge in [0, 0.05) is 44.7 Å². The summed E-state index contributed by atoms with van der Waals surface area (Å²) < 4.78 is 7.01. The van der Waals surface area contributed by atoms with Gasteiger partial charge in [0.25, 0.3) is 5.91 Å². The monoisotopic (exact) mass is 377 g/mol. The van der Waals surface area contributed by atoms with Crippen molar-refractivity contribution in [2.45, 2.75) is 6.92 Å². The average molecular weight is 377 g/mol. The number of methoxy groups -OCH3 is 1. The van der Waals surface area contributed by atoms with Crippen LogP contribution >= 0.6 is 0 Å². The lowest BCUT2D eigenvalue weighted by molar-refractivity contribution is 0.0748. The maximum atomic E-state index is 13.2. The molecular formula is C22H23N3O3. The summed E-state index contributed by atoms with van der Waals surface area (Å²) in [5.41, 5.74) is 2.40. The summed E-state index contributed by atoms with van der Waals surface area (Å²) in [4.78, 5) is 29.2. The predicted octanol–water partition coefficient (Wildman–Crippen LogP) is 3.27. The van der Waals surface area contributed by atoms with Crippen LogP contribution in [0.15, 0.2) is 54.7 Å². The minimum absolute atomic E-state index is 0.0316. The van der Waals surface area contributed by atoms with E-state index in [1.807, 2.05) is 53.4 Å². The second kappa shape index (κ2) is 7.38. The summed E-state index contributed by atoms with van der Waals surface area (Å²) in [7, 11) is 1.67. The molecule has 0 unspecified atom stereocenters. The van der Waals surface area contributed by atoms with Gasteiger partial charge in [-0.15, -0.1) is 0 Å². The minimum atomic E-state index is -0.101. The van der Waals surface area contributed by atoms with Crippen LogP contribution in [0.5, 0.6) is 5.75 Å². The van der Waals surface area contributed by atoms with Crippen LogP contribution in [0.3, 0.4) is 0 Å². The fourth-order valence-corrected chi connectivity index (χ4v) is 3.82. The number of carbonyl (C=O) groups excluding carboxylic acids is 2. The van der Waals surface area contributed by atoms with Gasteiger partial charge in [0.15, 0.2) is 0 Å². The van der Waals surface area contributed by atoms with Gasteiger partial charge in [0.1, 0.15) is 5.75 Å². The molecule has 0 radical (unpaired) electrons. The molecule has 1 aliphatic rings. The van der Waals surface area contributed by atoms with Gasteiger partial charge in [0.2, 0.25) is 5.91 Å². The first-order chi connectivity index (χ1) is 13.6. The summed E-state index contributed by atoms with van der Waals surface area (Å²) >= 11 is 0. The Morgan fingerprint density at radius 2 is 1.61 bits per heavy atom. The normalized spacial score (nSPS) is 14.4. The number of rotatable bonds is 3. The van der Waals surface area contributed by atoms with Crippen molar-refractivity contribution in [3.05, 3.63) is 60.3 Å². The Labute approximate surface area is 163 Å². The summed E-state index contributed by atoms with van der Waals surface area (Å²) in [6.07, 6.45) is 1.67. The number of nitrogens with zero attached hydrogens (tertiary/aromatic N) is 3. The van der Waals surface area contributed by atoms with Crippen molar-refractivity contribution in [1.82, 2.24) is 9.47 Å². The van der Waals surface area contributed by atoms with Crippen molar-refractivity contribution in [3.63, 3.8) is 0 Å². The lowest BCUT2D eigenvalue weighted by Gasteiger charge is -2.36. The Kier molecular flexibility index (Phi) is 4.77. The fraction of sp³-hybridized carbons (Fsp3) is 0.273. The standard InChI is InChI=1S/C22H23N3O3/c1-16(26)25-15-18(17-7-3-4-8-19(17)25)22(27)24-13-11-23(12-14-24)20-9-5-6-10-21(20)28-2/h3-10,15H,11-14H2,1-2H3. The van der Waals surface area contributed by atoms with Crippen molar-refractivity contribution in [3.8, 4) is 5.75 Å². The first-order valence-electron chi connectivity index (χ1n) is 9.38. The van der Waals surface area contributed by atoms with Gasteiger partial charge in [0.05, 0.1) is 23.9 Å². The second-order valence-corrected chi connectivity index (χ2v) is 6.90. The van der Waals surface area contributed by atoms with Crippen molar-refractivity contribution in [1.29, 1.82) is 0 Å². The molecule has 0 N–H and O–H groups in total. The molecule has 28 heavy (non-hydrogen) atoms. The Balaban J connectivity index is 1.55. The summed E-state index contributed by atoms with van der Waals surface area (Å²) in [5, 5.41) is 0.815. The number of carbonyl (C=O) groups is 2. The molecule has 2 heterocycles. The number of piperazine rings is 1. The molecule has 144 valence electrons. The van der Waals surface area contributed by atoms with Crippen LogP contribution in [0.2, 0.25) is 0 Å². The van der Waals surface area contributed by atoms with E-state index >= 15 is 0 Å². The highest BCUT2D eigenvalue weighted by molar-refractivity contribution is 6.09. The molecular weight excluding hydrogens is 354 g/mol. The number of hydrogen-bond acceptors (Lipinski definition) is 4. The summed E-state index contributed by atoms with van der Waals surface area (Å²) in [6, 6.07) is 15.5. The van der Waals surface area contributed by atoms with Gasteiger partial charge in [-0.05, 0) is 18.2 Å². The fourth-order valence-electron chi connectivity index (χ4n) is 3.82. The van der Waals surface area contributed by atoms with E-state index < -0.39 is 0 Å². The molecule has 0 bridgehead atoms. The zero-order chi connectivity index (χ0) is 19.7. The van der Waals surface area contributed by atoms with Crippen molar-refractivity contribution < 1.29 is 14.3 Å².